The molecule has 0 aromatic heterocycles. The lowest BCUT2D eigenvalue weighted by atomic mass is 9.95. The van der Waals surface area contributed by atoms with Crippen molar-refractivity contribution in [1.82, 2.24) is 10.2 Å². The summed E-state index contributed by atoms with van der Waals surface area (Å²) < 4.78 is 10.8. The van der Waals surface area contributed by atoms with Gasteiger partial charge in [0.15, 0.2) is 6.29 Å². The van der Waals surface area contributed by atoms with Crippen molar-refractivity contribution in [1.29, 1.82) is 0 Å². The maximum atomic E-state index is 12.8. The van der Waals surface area contributed by atoms with Crippen LogP contribution in [0.25, 0.3) is 0 Å². The van der Waals surface area contributed by atoms with E-state index in [9.17, 15) is 14.4 Å². The van der Waals surface area contributed by atoms with Crippen LogP contribution in [0, 0.1) is 5.92 Å². The molecule has 0 bridgehead atoms. The van der Waals surface area contributed by atoms with Crippen molar-refractivity contribution in [3.63, 3.8) is 0 Å². The number of amides is 3. The molecular formula is C21H27N3O5. The predicted octanol–water partition coefficient (Wildman–Crippen LogP) is 1.28. The third-order valence-corrected chi connectivity index (χ3v) is 6.26. The molecule has 29 heavy (non-hydrogen) atoms. The van der Waals surface area contributed by atoms with Crippen molar-refractivity contribution in [2.24, 2.45) is 5.92 Å². The second kappa shape index (κ2) is 8.12. The number of hydrogen-bond donors (Lipinski definition) is 1. The predicted molar refractivity (Wildman–Crippen MR) is 105 cm³/mol. The summed E-state index contributed by atoms with van der Waals surface area (Å²) in [5, 5.41) is 2.34. The van der Waals surface area contributed by atoms with Gasteiger partial charge in [0.25, 0.3) is 5.91 Å². The highest BCUT2D eigenvalue weighted by Crippen LogP contribution is 2.32. The van der Waals surface area contributed by atoms with Crippen molar-refractivity contribution < 1.29 is 23.9 Å². The molecule has 8 nitrogen and oxygen atoms in total. The van der Waals surface area contributed by atoms with Gasteiger partial charge in [-0.3, -0.25) is 19.7 Å². The third kappa shape index (κ3) is 3.74. The van der Waals surface area contributed by atoms with E-state index in [0.717, 1.165) is 37.2 Å². The maximum absolute atomic E-state index is 12.8. The SMILES string of the molecule is COC(OC)C1CCN(c2ccc3c(c2)CN([C@H]2CCC(=O)NC2=O)C3=O)CC1. The summed E-state index contributed by atoms with van der Waals surface area (Å²) in [6.45, 7) is 2.20. The average Bonchev–Trinajstić information content (AvgIpc) is 3.05. The number of nitrogens with one attached hydrogen (secondary N) is 1. The summed E-state index contributed by atoms with van der Waals surface area (Å²) in [5.41, 5.74) is 2.67. The lowest BCUT2D eigenvalue weighted by molar-refractivity contribution is -0.141. The quantitative estimate of drug-likeness (QED) is 0.591. The summed E-state index contributed by atoms with van der Waals surface area (Å²) in [7, 11) is 3.35. The van der Waals surface area contributed by atoms with Gasteiger partial charge in [0.05, 0.1) is 0 Å². The largest absolute Gasteiger partial charge is 0.372 e. The first kappa shape index (κ1) is 19.8. The van der Waals surface area contributed by atoms with Crippen LogP contribution in [0.1, 0.15) is 41.6 Å². The Kier molecular flexibility index (Phi) is 5.56. The number of carbonyl (C=O) groups excluding carboxylic acids is 3. The Bertz CT molecular complexity index is 815. The van der Waals surface area contributed by atoms with Gasteiger partial charge in [0.1, 0.15) is 6.04 Å². The van der Waals surface area contributed by atoms with E-state index < -0.39 is 6.04 Å². The Labute approximate surface area is 170 Å². The molecule has 4 rings (SSSR count). The Hall–Kier alpha value is -2.45. The molecule has 3 heterocycles. The van der Waals surface area contributed by atoms with Crippen LogP contribution in [0.4, 0.5) is 5.69 Å². The van der Waals surface area contributed by atoms with E-state index in [-0.39, 0.29) is 30.4 Å². The average molecular weight is 401 g/mol. The van der Waals surface area contributed by atoms with E-state index in [1.165, 1.54) is 0 Å². The second-order valence-electron chi connectivity index (χ2n) is 7.91. The molecule has 0 radical (unpaired) electrons. The number of nitrogens with zero attached hydrogens (tertiary/aromatic N) is 2. The third-order valence-electron chi connectivity index (χ3n) is 6.26. The van der Waals surface area contributed by atoms with E-state index in [1.54, 1.807) is 19.1 Å². The highest BCUT2D eigenvalue weighted by Gasteiger charge is 2.39. The fourth-order valence-electron chi connectivity index (χ4n) is 4.67. The van der Waals surface area contributed by atoms with Gasteiger partial charge in [0, 0.05) is 57.4 Å². The minimum absolute atomic E-state index is 0.136. The van der Waals surface area contributed by atoms with E-state index in [1.807, 2.05) is 12.1 Å². The number of hydrogen-bond acceptors (Lipinski definition) is 6. The zero-order valence-electron chi connectivity index (χ0n) is 16.8. The first-order chi connectivity index (χ1) is 14.0. The van der Waals surface area contributed by atoms with Gasteiger partial charge in [-0.1, -0.05) is 0 Å². The van der Waals surface area contributed by atoms with Crippen LogP contribution >= 0.6 is 0 Å². The van der Waals surface area contributed by atoms with Gasteiger partial charge < -0.3 is 19.3 Å². The summed E-state index contributed by atoms with van der Waals surface area (Å²) in [4.78, 5) is 40.3. The number of fused-ring (bicyclic) bond motifs is 1. The minimum atomic E-state index is -0.577. The van der Waals surface area contributed by atoms with Gasteiger partial charge in [-0.25, -0.2) is 0 Å². The molecule has 2 fully saturated rings. The number of ether oxygens (including phenoxy) is 2. The highest BCUT2D eigenvalue weighted by molar-refractivity contribution is 6.05. The maximum Gasteiger partial charge on any atom is 0.255 e. The fourth-order valence-corrected chi connectivity index (χ4v) is 4.67. The van der Waals surface area contributed by atoms with E-state index in [4.69, 9.17) is 9.47 Å². The Morgan fingerprint density at radius 1 is 1.07 bits per heavy atom. The molecule has 3 aliphatic heterocycles. The van der Waals surface area contributed by atoms with Gasteiger partial charge >= 0.3 is 0 Å². The minimum Gasteiger partial charge on any atom is -0.372 e. The molecule has 1 atom stereocenters. The van der Waals surface area contributed by atoms with Crippen LogP contribution in [-0.2, 0) is 25.6 Å². The Morgan fingerprint density at radius 3 is 2.45 bits per heavy atom. The Balaban J connectivity index is 1.44. The normalized spacial score (nSPS) is 23.0. The molecule has 3 aliphatic rings. The molecule has 8 heteroatoms. The molecule has 0 saturated carbocycles. The zero-order valence-corrected chi connectivity index (χ0v) is 16.8. The monoisotopic (exact) mass is 401 g/mol. The Morgan fingerprint density at radius 2 is 1.79 bits per heavy atom. The van der Waals surface area contributed by atoms with Crippen LogP contribution in [0.3, 0.4) is 0 Å². The molecule has 0 unspecified atom stereocenters. The van der Waals surface area contributed by atoms with Crippen LogP contribution in [-0.4, -0.2) is 62.3 Å². The second-order valence-corrected chi connectivity index (χ2v) is 7.91. The van der Waals surface area contributed by atoms with Gasteiger partial charge in [-0.2, -0.15) is 0 Å². The van der Waals surface area contributed by atoms with Crippen molar-refractivity contribution in [2.45, 2.75) is 44.6 Å². The first-order valence-electron chi connectivity index (χ1n) is 10.1. The summed E-state index contributed by atoms with van der Waals surface area (Å²) in [6.07, 6.45) is 2.43. The number of anilines is 1. The molecule has 3 amide bonds. The molecule has 0 aliphatic carbocycles. The summed E-state index contributed by atoms with van der Waals surface area (Å²) in [5.74, 6) is -0.413. The van der Waals surface area contributed by atoms with E-state index in [2.05, 4.69) is 16.3 Å². The van der Waals surface area contributed by atoms with Crippen molar-refractivity contribution in [2.75, 3.05) is 32.2 Å². The van der Waals surface area contributed by atoms with Crippen molar-refractivity contribution in [3.8, 4) is 0 Å². The number of piperidine rings is 2. The van der Waals surface area contributed by atoms with E-state index in [0.29, 0.717) is 24.4 Å². The van der Waals surface area contributed by atoms with Crippen LogP contribution < -0.4 is 10.2 Å². The molecular weight excluding hydrogens is 374 g/mol. The van der Waals surface area contributed by atoms with Crippen molar-refractivity contribution >= 4 is 23.4 Å². The molecule has 1 aromatic carbocycles. The smallest absolute Gasteiger partial charge is 0.255 e. The topological polar surface area (TPSA) is 88.2 Å². The number of benzene rings is 1. The number of carbonyl (C=O) groups is 3. The number of rotatable bonds is 5. The lowest BCUT2D eigenvalue weighted by Gasteiger charge is -2.36. The molecule has 156 valence electrons. The summed E-state index contributed by atoms with van der Waals surface area (Å²) >= 11 is 0. The van der Waals surface area contributed by atoms with Gasteiger partial charge in [-0.05, 0) is 43.0 Å². The van der Waals surface area contributed by atoms with Crippen LogP contribution in [0.2, 0.25) is 0 Å². The molecule has 1 N–H and O–H groups in total. The van der Waals surface area contributed by atoms with Crippen LogP contribution in [0.15, 0.2) is 18.2 Å². The van der Waals surface area contributed by atoms with Crippen molar-refractivity contribution in [3.05, 3.63) is 29.3 Å². The van der Waals surface area contributed by atoms with Gasteiger partial charge in [-0.15, -0.1) is 0 Å². The lowest BCUT2D eigenvalue weighted by Crippen LogP contribution is -2.52. The first-order valence-corrected chi connectivity index (χ1v) is 10.1. The highest BCUT2D eigenvalue weighted by atomic mass is 16.7. The zero-order chi connectivity index (χ0) is 20.5. The standard InChI is InChI=1S/C21H27N3O5/c1-28-21(29-2)13-7-9-23(10-8-13)15-3-4-16-14(11-15)12-24(20(16)27)17-5-6-18(25)22-19(17)26/h3-4,11,13,17,21H,5-10,12H2,1-2H3,(H,22,25,26)/t17-/m0/s1. The molecule has 2 saturated heterocycles. The number of methoxy groups -OCH3 is 2. The van der Waals surface area contributed by atoms with E-state index >= 15 is 0 Å². The van der Waals surface area contributed by atoms with Crippen LogP contribution in [0.5, 0.6) is 0 Å². The fraction of sp³-hybridized carbons (Fsp3) is 0.571. The summed E-state index contributed by atoms with van der Waals surface area (Å²) in [6, 6.07) is 5.32. The number of imide groups is 1. The molecule has 0 spiro atoms. The molecule has 1 aromatic rings. The van der Waals surface area contributed by atoms with Gasteiger partial charge in [0.2, 0.25) is 11.8 Å².